The SMILES string of the molecule is CCC1CCCCN1C(=O)c1cc(NCCCOC)ncn1. The first kappa shape index (κ1) is 16.7. The number of hydrogen-bond acceptors (Lipinski definition) is 5. The Balaban J connectivity index is 1.99. The van der Waals surface area contributed by atoms with Gasteiger partial charge in [-0.05, 0) is 32.1 Å². The van der Waals surface area contributed by atoms with Crippen molar-refractivity contribution in [3.8, 4) is 0 Å². The zero-order valence-electron chi connectivity index (χ0n) is 13.5. The molecule has 1 aromatic rings. The maximum Gasteiger partial charge on any atom is 0.272 e. The van der Waals surface area contributed by atoms with Crippen LogP contribution in [-0.4, -0.2) is 53.6 Å². The lowest BCUT2D eigenvalue weighted by atomic mass is 9.99. The summed E-state index contributed by atoms with van der Waals surface area (Å²) in [6.45, 7) is 4.44. The monoisotopic (exact) mass is 306 g/mol. The number of carbonyl (C=O) groups excluding carboxylic acids is 1. The fourth-order valence-electron chi connectivity index (χ4n) is 2.84. The molecule has 1 saturated heterocycles. The quantitative estimate of drug-likeness (QED) is 0.783. The van der Waals surface area contributed by atoms with Crippen LogP contribution in [0.25, 0.3) is 0 Å². The van der Waals surface area contributed by atoms with Gasteiger partial charge in [0.15, 0.2) is 0 Å². The van der Waals surface area contributed by atoms with Crippen LogP contribution in [0.1, 0.15) is 49.5 Å². The van der Waals surface area contributed by atoms with Crippen molar-refractivity contribution in [3.63, 3.8) is 0 Å². The summed E-state index contributed by atoms with van der Waals surface area (Å²) in [4.78, 5) is 23.0. The smallest absolute Gasteiger partial charge is 0.272 e. The summed E-state index contributed by atoms with van der Waals surface area (Å²) in [6, 6.07) is 2.09. The van der Waals surface area contributed by atoms with Gasteiger partial charge in [0, 0.05) is 38.9 Å². The van der Waals surface area contributed by atoms with Crippen LogP contribution in [0.4, 0.5) is 5.82 Å². The van der Waals surface area contributed by atoms with Crippen LogP contribution < -0.4 is 5.32 Å². The van der Waals surface area contributed by atoms with E-state index < -0.39 is 0 Å². The molecule has 1 aromatic heterocycles. The van der Waals surface area contributed by atoms with Gasteiger partial charge in [-0.1, -0.05) is 6.92 Å². The number of aromatic nitrogens is 2. The van der Waals surface area contributed by atoms with E-state index in [0.29, 0.717) is 24.2 Å². The van der Waals surface area contributed by atoms with Crippen LogP contribution >= 0.6 is 0 Å². The average molecular weight is 306 g/mol. The number of piperidine rings is 1. The van der Waals surface area contributed by atoms with Crippen LogP contribution in [0.15, 0.2) is 12.4 Å². The molecule has 2 heterocycles. The molecule has 0 aliphatic carbocycles. The number of rotatable bonds is 7. The average Bonchev–Trinajstić information content (AvgIpc) is 2.58. The molecule has 1 N–H and O–H groups in total. The molecule has 0 saturated carbocycles. The zero-order valence-corrected chi connectivity index (χ0v) is 13.5. The normalized spacial score (nSPS) is 18.3. The van der Waals surface area contributed by atoms with Gasteiger partial charge < -0.3 is 15.0 Å². The van der Waals surface area contributed by atoms with Gasteiger partial charge in [0.1, 0.15) is 17.8 Å². The Hall–Kier alpha value is -1.69. The first-order valence-corrected chi connectivity index (χ1v) is 8.12. The summed E-state index contributed by atoms with van der Waals surface area (Å²) in [6.07, 6.45) is 6.73. The molecule has 0 radical (unpaired) electrons. The van der Waals surface area contributed by atoms with Crippen molar-refractivity contribution < 1.29 is 9.53 Å². The van der Waals surface area contributed by atoms with E-state index >= 15 is 0 Å². The van der Waals surface area contributed by atoms with Crippen molar-refractivity contribution in [2.45, 2.75) is 45.1 Å². The van der Waals surface area contributed by atoms with Gasteiger partial charge in [0.2, 0.25) is 0 Å². The van der Waals surface area contributed by atoms with Gasteiger partial charge in [0.25, 0.3) is 5.91 Å². The van der Waals surface area contributed by atoms with E-state index in [0.717, 1.165) is 38.8 Å². The molecular formula is C16H26N4O2. The van der Waals surface area contributed by atoms with Crippen molar-refractivity contribution in [1.82, 2.24) is 14.9 Å². The predicted molar refractivity (Wildman–Crippen MR) is 86.0 cm³/mol. The molecule has 22 heavy (non-hydrogen) atoms. The minimum absolute atomic E-state index is 0.0221. The van der Waals surface area contributed by atoms with Crippen LogP contribution in [0, 0.1) is 0 Å². The highest BCUT2D eigenvalue weighted by atomic mass is 16.5. The molecule has 122 valence electrons. The number of ether oxygens (including phenoxy) is 1. The molecule has 1 aliphatic rings. The van der Waals surface area contributed by atoms with Crippen molar-refractivity contribution in [2.24, 2.45) is 0 Å². The highest BCUT2D eigenvalue weighted by molar-refractivity contribution is 5.93. The molecule has 1 fully saturated rings. The van der Waals surface area contributed by atoms with E-state index in [2.05, 4.69) is 22.2 Å². The Labute approximate surface area is 132 Å². The lowest BCUT2D eigenvalue weighted by molar-refractivity contribution is 0.0602. The minimum atomic E-state index is 0.0221. The largest absolute Gasteiger partial charge is 0.385 e. The van der Waals surface area contributed by atoms with Crippen LogP contribution in [-0.2, 0) is 4.74 Å². The number of carbonyl (C=O) groups is 1. The van der Waals surface area contributed by atoms with Crippen molar-refractivity contribution in [1.29, 1.82) is 0 Å². The van der Waals surface area contributed by atoms with Crippen molar-refractivity contribution in [2.75, 3.05) is 32.1 Å². The molecule has 6 heteroatoms. The maximum absolute atomic E-state index is 12.7. The fourth-order valence-corrected chi connectivity index (χ4v) is 2.84. The Bertz CT molecular complexity index is 481. The molecule has 0 aromatic carbocycles. The number of nitrogens with zero attached hydrogens (tertiary/aromatic N) is 3. The second kappa shape index (κ2) is 8.68. The standard InChI is InChI=1S/C16H26N4O2/c1-3-13-7-4-5-9-20(13)16(21)14-11-15(19-12-18-14)17-8-6-10-22-2/h11-13H,3-10H2,1-2H3,(H,17,18,19). The minimum Gasteiger partial charge on any atom is -0.385 e. The number of amides is 1. The summed E-state index contributed by atoms with van der Waals surface area (Å²) < 4.78 is 5.01. The van der Waals surface area contributed by atoms with E-state index in [-0.39, 0.29) is 5.91 Å². The molecule has 1 amide bonds. The molecule has 1 aliphatic heterocycles. The van der Waals surface area contributed by atoms with Gasteiger partial charge in [0.05, 0.1) is 0 Å². The van der Waals surface area contributed by atoms with Gasteiger partial charge in [-0.25, -0.2) is 9.97 Å². The van der Waals surface area contributed by atoms with E-state index in [1.54, 1.807) is 13.2 Å². The number of nitrogens with one attached hydrogen (secondary N) is 1. The highest BCUT2D eigenvalue weighted by Crippen LogP contribution is 2.21. The molecular weight excluding hydrogens is 280 g/mol. The van der Waals surface area contributed by atoms with Gasteiger partial charge >= 0.3 is 0 Å². The summed E-state index contributed by atoms with van der Waals surface area (Å²) in [5, 5.41) is 3.20. The Morgan fingerprint density at radius 1 is 1.45 bits per heavy atom. The zero-order chi connectivity index (χ0) is 15.8. The molecule has 6 nitrogen and oxygen atoms in total. The van der Waals surface area contributed by atoms with Gasteiger partial charge in [-0.3, -0.25) is 4.79 Å². The number of likely N-dealkylation sites (tertiary alicyclic amines) is 1. The first-order valence-electron chi connectivity index (χ1n) is 8.12. The summed E-state index contributed by atoms with van der Waals surface area (Å²) in [5.41, 5.74) is 0.476. The molecule has 2 rings (SSSR count). The summed E-state index contributed by atoms with van der Waals surface area (Å²) >= 11 is 0. The third-order valence-corrected chi connectivity index (χ3v) is 4.08. The van der Waals surface area contributed by atoms with Crippen LogP contribution in [0.2, 0.25) is 0 Å². The third-order valence-electron chi connectivity index (χ3n) is 4.08. The fraction of sp³-hybridized carbons (Fsp3) is 0.688. The van der Waals surface area contributed by atoms with E-state index in [4.69, 9.17) is 4.74 Å². The molecule has 0 spiro atoms. The number of anilines is 1. The van der Waals surface area contributed by atoms with E-state index in [1.807, 2.05) is 4.90 Å². The Kier molecular flexibility index (Phi) is 6.58. The van der Waals surface area contributed by atoms with Gasteiger partial charge in [-0.2, -0.15) is 0 Å². The highest BCUT2D eigenvalue weighted by Gasteiger charge is 2.27. The van der Waals surface area contributed by atoms with Crippen LogP contribution in [0.5, 0.6) is 0 Å². The molecule has 1 unspecified atom stereocenters. The topological polar surface area (TPSA) is 67.4 Å². The van der Waals surface area contributed by atoms with E-state index in [9.17, 15) is 4.79 Å². The number of hydrogen-bond donors (Lipinski definition) is 1. The lowest BCUT2D eigenvalue weighted by Crippen LogP contribution is -2.43. The number of methoxy groups -OCH3 is 1. The Morgan fingerprint density at radius 3 is 3.09 bits per heavy atom. The second-order valence-electron chi connectivity index (χ2n) is 5.62. The molecule has 0 bridgehead atoms. The van der Waals surface area contributed by atoms with Gasteiger partial charge in [-0.15, -0.1) is 0 Å². The first-order chi connectivity index (χ1) is 10.8. The van der Waals surface area contributed by atoms with Crippen LogP contribution in [0.3, 0.4) is 0 Å². The molecule has 1 atom stereocenters. The summed E-state index contributed by atoms with van der Waals surface area (Å²) in [7, 11) is 1.68. The predicted octanol–water partition coefficient (Wildman–Crippen LogP) is 2.33. The maximum atomic E-state index is 12.7. The van der Waals surface area contributed by atoms with Crippen molar-refractivity contribution in [3.05, 3.63) is 18.1 Å². The second-order valence-corrected chi connectivity index (χ2v) is 5.62. The third kappa shape index (κ3) is 4.40. The van der Waals surface area contributed by atoms with E-state index in [1.165, 1.54) is 12.7 Å². The summed E-state index contributed by atoms with van der Waals surface area (Å²) in [5.74, 6) is 0.716. The Morgan fingerprint density at radius 2 is 2.32 bits per heavy atom. The van der Waals surface area contributed by atoms with Crippen molar-refractivity contribution >= 4 is 11.7 Å². The lowest BCUT2D eigenvalue weighted by Gasteiger charge is -2.35.